The van der Waals surface area contributed by atoms with Gasteiger partial charge in [0.1, 0.15) is 5.82 Å². The van der Waals surface area contributed by atoms with Crippen LogP contribution >= 0.6 is 0 Å². The summed E-state index contributed by atoms with van der Waals surface area (Å²) in [4.78, 5) is 4.55. The maximum atomic E-state index is 12.8. The maximum Gasteiger partial charge on any atom is 0.123 e. The molecule has 1 saturated heterocycles. The van der Waals surface area contributed by atoms with Gasteiger partial charge in [-0.05, 0) is 31.2 Å². The lowest BCUT2D eigenvalue weighted by atomic mass is 10.2. The third-order valence-corrected chi connectivity index (χ3v) is 3.01. The maximum absolute atomic E-state index is 12.8. The van der Waals surface area contributed by atoms with Crippen LogP contribution in [0.15, 0.2) is 36.5 Å². The van der Waals surface area contributed by atoms with E-state index in [9.17, 15) is 4.39 Å². The van der Waals surface area contributed by atoms with Crippen LogP contribution < -0.4 is 4.90 Å². The van der Waals surface area contributed by atoms with Crippen molar-refractivity contribution in [2.24, 2.45) is 0 Å². The summed E-state index contributed by atoms with van der Waals surface area (Å²) in [7, 11) is 0. The van der Waals surface area contributed by atoms with Crippen molar-refractivity contribution in [2.75, 3.05) is 31.1 Å². The smallest absolute Gasteiger partial charge is 0.123 e. The molecule has 0 saturated carbocycles. The number of piperazine rings is 1. The first-order valence-corrected chi connectivity index (χ1v) is 5.58. The van der Waals surface area contributed by atoms with Gasteiger partial charge >= 0.3 is 0 Å². The van der Waals surface area contributed by atoms with Gasteiger partial charge in [0.25, 0.3) is 0 Å². The SMILES string of the molecule is C=C(C)N1CCN(c2ccc(F)cc2)CC1. The van der Waals surface area contributed by atoms with Gasteiger partial charge in [-0.2, -0.15) is 0 Å². The Hall–Kier alpha value is -1.51. The highest BCUT2D eigenvalue weighted by Crippen LogP contribution is 2.17. The van der Waals surface area contributed by atoms with Crippen LogP contribution in [-0.2, 0) is 0 Å². The average molecular weight is 220 g/mol. The van der Waals surface area contributed by atoms with Crippen LogP contribution in [0.25, 0.3) is 0 Å². The zero-order chi connectivity index (χ0) is 11.5. The summed E-state index contributed by atoms with van der Waals surface area (Å²) in [5, 5.41) is 0. The molecule has 16 heavy (non-hydrogen) atoms. The summed E-state index contributed by atoms with van der Waals surface area (Å²) in [5.41, 5.74) is 2.22. The van der Waals surface area contributed by atoms with Gasteiger partial charge in [0, 0.05) is 37.6 Å². The molecule has 1 aromatic carbocycles. The van der Waals surface area contributed by atoms with Gasteiger partial charge in [-0.1, -0.05) is 6.58 Å². The second kappa shape index (κ2) is 4.56. The molecule has 3 heteroatoms. The molecule has 0 aromatic heterocycles. The van der Waals surface area contributed by atoms with Gasteiger partial charge in [-0.3, -0.25) is 0 Å². The Labute approximate surface area is 96.0 Å². The Bertz CT molecular complexity index is 364. The second-order valence-electron chi connectivity index (χ2n) is 4.19. The first-order chi connectivity index (χ1) is 7.66. The minimum absolute atomic E-state index is 0.177. The molecular formula is C13H17FN2. The number of halogens is 1. The number of nitrogens with zero attached hydrogens (tertiary/aromatic N) is 2. The lowest BCUT2D eigenvalue weighted by Crippen LogP contribution is -2.45. The number of allylic oxidation sites excluding steroid dienone is 1. The number of hydrogen-bond donors (Lipinski definition) is 0. The predicted octanol–water partition coefficient (Wildman–Crippen LogP) is 2.48. The Morgan fingerprint density at radius 2 is 1.69 bits per heavy atom. The van der Waals surface area contributed by atoms with E-state index < -0.39 is 0 Å². The van der Waals surface area contributed by atoms with Crippen LogP contribution in [0, 0.1) is 5.82 Å². The van der Waals surface area contributed by atoms with Crippen LogP contribution in [0.3, 0.4) is 0 Å². The van der Waals surface area contributed by atoms with Gasteiger partial charge in [0.05, 0.1) is 0 Å². The van der Waals surface area contributed by atoms with E-state index >= 15 is 0 Å². The molecule has 0 N–H and O–H groups in total. The molecule has 0 bridgehead atoms. The second-order valence-corrected chi connectivity index (χ2v) is 4.19. The third kappa shape index (κ3) is 2.35. The van der Waals surface area contributed by atoms with Crippen molar-refractivity contribution in [1.29, 1.82) is 0 Å². The van der Waals surface area contributed by atoms with Gasteiger partial charge in [-0.15, -0.1) is 0 Å². The van der Waals surface area contributed by atoms with Crippen LogP contribution in [-0.4, -0.2) is 31.1 Å². The standard InChI is InChI=1S/C13H17FN2/c1-11(2)15-7-9-16(10-8-15)13-5-3-12(14)4-6-13/h3-6H,1,7-10H2,2H3. The van der Waals surface area contributed by atoms with Gasteiger partial charge < -0.3 is 9.80 Å². The zero-order valence-electron chi connectivity index (χ0n) is 9.62. The van der Waals surface area contributed by atoms with Crippen molar-refractivity contribution in [2.45, 2.75) is 6.92 Å². The highest BCUT2D eigenvalue weighted by molar-refractivity contribution is 5.46. The van der Waals surface area contributed by atoms with Crippen molar-refractivity contribution in [3.63, 3.8) is 0 Å². The summed E-state index contributed by atoms with van der Waals surface area (Å²) >= 11 is 0. The predicted molar refractivity (Wildman–Crippen MR) is 65.0 cm³/mol. The van der Waals surface area contributed by atoms with Crippen LogP contribution in [0.2, 0.25) is 0 Å². The van der Waals surface area contributed by atoms with Crippen LogP contribution in [0.1, 0.15) is 6.92 Å². The molecule has 2 rings (SSSR count). The van der Waals surface area contributed by atoms with Gasteiger partial charge in [0.2, 0.25) is 0 Å². The molecule has 0 radical (unpaired) electrons. The molecule has 1 aliphatic heterocycles. The summed E-state index contributed by atoms with van der Waals surface area (Å²) in [6, 6.07) is 6.71. The number of rotatable bonds is 2. The molecule has 0 amide bonds. The fraction of sp³-hybridized carbons (Fsp3) is 0.385. The molecule has 0 spiro atoms. The normalized spacial score (nSPS) is 16.4. The van der Waals surface area contributed by atoms with E-state index in [1.165, 1.54) is 12.1 Å². The molecule has 1 aromatic rings. The molecule has 86 valence electrons. The minimum Gasteiger partial charge on any atom is -0.372 e. The Morgan fingerprint density at radius 1 is 1.12 bits per heavy atom. The molecule has 0 aliphatic carbocycles. The lowest BCUT2D eigenvalue weighted by Gasteiger charge is -2.37. The molecule has 2 nitrogen and oxygen atoms in total. The fourth-order valence-corrected chi connectivity index (χ4v) is 2.00. The van der Waals surface area contributed by atoms with Crippen LogP contribution in [0.4, 0.5) is 10.1 Å². The minimum atomic E-state index is -0.177. The number of hydrogen-bond acceptors (Lipinski definition) is 2. The first kappa shape index (κ1) is 11.0. The largest absolute Gasteiger partial charge is 0.372 e. The van der Waals surface area contributed by atoms with E-state index in [4.69, 9.17) is 0 Å². The fourth-order valence-electron chi connectivity index (χ4n) is 2.00. The van der Waals surface area contributed by atoms with E-state index in [1.807, 2.05) is 19.1 Å². The summed E-state index contributed by atoms with van der Waals surface area (Å²) in [5.74, 6) is -0.177. The van der Waals surface area contributed by atoms with E-state index in [0.717, 1.165) is 37.6 Å². The molecule has 0 unspecified atom stereocenters. The highest BCUT2D eigenvalue weighted by atomic mass is 19.1. The van der Waals surface area contributed by atoms with E-state index in [0.29, 0.717) is 0 Å². The highest BCUT2D eigenvalue weighted by Gasteiger charge is 2.16. The zero-order valence-corrected chi connectivity index (χ0v) is 9.62. The first-order valence-electron chi connectivity index (χ1n) is 5.58. The molecular weight excluding hydrogens is 203 g/mol. The topological polar surface area (TPSA) is 6.48 Å². The molecule has 0 atom stereocenters. The van der Waals surface area contributed by atoms with Gasteiger partial charge in [-0.25, -0.2) is 4.39 Å². The van der Waals surface area contributed by atoms with Crippen molar-refractivity contribution >= 4 is 5.69 Å². The van der Waals surface area contributed by atoms with Gasteiger partial charge in [0.15, 0.2) is 0 Å². The van der Waals surface area contributed by atoms with E-state index in [-0.39, 0.29) is 5.82 Å². The summed E-state index contributed by atoms with van der Waals surface area (Å²) in [6.07, 6.45) is 0. The van der Waals surface area contributed by atoms with E-state index in [2.05, 4.69) is 16.4 Å². The van der Waals surface area contributed by atoms with E-state index in [1.54, 1.807) is 0 Å². The van der Waals surface area contributed by atoms with Crippen molar-refractivity contribution in [1.82, 2.24) is 4.90 Å². The van der Waals surface area contributed by atoms with Crippen molar-refractivity contribution in [3.8, 4) is 0 Å². The molecule has 1 fully saturated rings. The van der Waals surface area contributed by atoms with Crippen molar-refractivity contribution < 1.29 is 4.39 Å². The van der Waals surface area contributed by atoms with Crippen molar-refractivity contribution in [3.05, 3.63) is 42.4 Å². The lowest BCUT2D eigenvalue weighted by molar-refractivity contribution is 0.323. The number of benzene rings is 1. The average Bonchev–Trinajstić information content (AvgIpc) is 2.30. The summed E-state index contributed by atoms with van der Waals surface area (Å²) in [6.45, 7) is 9.91. The van der Waals surface area contributed by atoms with Crippen LogP contribution in [0.5, 0.6) is 0 Å². The molecule has 1 aliphatic rings. The Balaban J connectivity index is 1.99. The molecule has 1 heterocycles. The Kier molecular flexibility index (Phi) is 3.13. The monoisotopic (exact) mass is 220 g/mol. The number of anilines is 1. The third-order valence-electron chi connectivity index (χ3n) is 3.01. The Morgan fingerprint density at radius 3 is 2.19 bits per heavy atom. The quantitative estimate of drug-likeness (QED) is 0.755. The summed E-state index contributed by atoms with van der Waals surface area (Å²) < 4.78 is 12.8.